The number of primary sulfonamides is 1. The molecule has 0 fully saturated rings. The van der Waals surface area contributed by atoms with Crippen molar-refractivity contribution in [3.63, 3.8) is 0 Å². The maximum absolute atomic E-state index is 10.7. The molecule has 0 atom stereocenters. The van der Waals surface area contributed by atoms with Crippen molar-refractivity contribution in [2.24, 2.45) is 5.14 Å². The van der Waals surface area contributed by atoms with E-state index in [4.69, 9.17) is 9.88 Å². The zero-order chi connectivity index (χ0) is 13.1. The molecule has 0 aliphatic carbocycles. The third kappa shape index (κ3) is 4.00. The second kappa shape index (κ2) is 5.11. The van der Waals surface area contributed by atoms with Gasteiger partial charge in [0.25, 0.3) is 5.69 Å². The molecule has 1 aromatic carbocycles. The van der Waals surface area contributed by atoms with Crippen LogP contribution in [0.1, 0.15) is 5.56 Å². The fourth-order valence-corrected chi connectivity index (χ4v) is 1.54. The molecule has 1 rings (SSSR count). The molecule has 17 heavy (non-hydrogen) atoms. The van der Waals surface area contributed by atoms with Gasteiger partial charge in [-0.25, -0.2) is 13.6 Å². The van der Waals surface area contributed by atoms with Gasteiger partial charge in [0.15, 0.2) is 0 Å². The molecule has 0 aromatic heterocycles. The van der Waals surface area contributed by atoms with Crippen LogP contribution in [-0.4, -0.2) is 25.7 Å². The monoisotopic (exact) mass is 260 g/mol. The summed E-state index contributed by atoms with van der Waals surface area (Å²) in [6.45, 7) is 1.39. The summed E-state index contributed by atoms with van der Waals surface area (Å²) in [4.78, 5) is 10.1. The van der Waals surface area contributed by atoms with E-state index >= 15 is 0 Å². The van der Waals surface area contributed by atoms with Crippen LogP contribution in [0.4, 0.5) is 5.69 Å². The molecule has 1 aromatic rings. The van der Waals surface area contributed by atoms with E-state index in [9.17, 15) is 18.5 Å². The topological polar surface area (TPSA) is 113 Å². The summed E-state index contributed by atoms with van der Waals surface area (Å²) >= 11 is 0. The van der Waals surface area contributed by atoms with Gasteiger partial charge in [-0.15, -0.1) is 0 Å². The van der Waals surface area contributed by atoms with E-state index in [2.05, 4.69) is 0 Å². The Labute approximate surface area is 98.4 Å². The van der Waals surface area contributed by atoms with E-state index in [-0.39, 0.29) is 23.8 Å². The van der Waals surface area contributed by atoms with Crippen LogP contribution in [0, 0.1) is 17.0 Å². The minimum absolute atomic E-state index is 0.0712. The van der Waals surface area contributed by atoms with Crippen molar-refractivity contribution in [2.45, 2.75) is 6.92 Å². The van der Waals surface area contributed by atoms with Crippen LogP contribution < -0.4 is 9.88 Å². The quantitative estimate of drug-likeness (QED) is 0.614. The van der Waals surface area contributed by atoms with Crippen molar-refractivity contribution in [2.75, 3.05) is 12.4 Å². The van der Waals surface area contributed by atoms with Gasteiger partial charge in [-0.2, -0.15) is 0 Å². The molecule has 0 spiro atoms. The van der Waals surface area contributed by atoms with E-state index in [1.807, 2.05) is 0 Å². The molecule has 94 valence electrons. The fraction of sp³-hybridized carbons (Fsp3) is 0.333. The van der Waals surface area contributed by atoms with Crippen LogP contribution in [0.3, 0.4) is 0 Å². The highest BCUT2D eigenvalue weighted by Gasteiger charge is 2.14. The predicted molar refractivity (Wildman–Crippen MR) is 61.3 cm³/mol. The van der Waals surface area contributed by atoms with Crippen molar-refractivity contribution in [3.05, 3.63) is 33.9 Å². The van der Waals surface area contributed by atoms with Crippen LogP contribution in [0.5, 0.6) is 5.75 Å². The highest BCUT2D eigenvalue weighted by molar-refractivity contribution is 7.89. The Kier molecular flexibility index (Phi) is 4.02. The van der Waals surface area contributed by atoms with Crippen molar-refractivity contribution in [1.82, 2.24) is 0 Å². The number of benzene rings is 1. The fourth-order valence-electron chi connectivity index (χ4n) is 1.22. The first kappa shape index (κ1) is 13.4. The van der Waals surface area contributed by atoms with Gasteiger partial charge in [-0.3, -0.25) is 10.1 Å². The Balaban J connectivity index is 2.79. The van der Waals surface area contributed by atoms with Crippen LogP contribution >= 0.6 is 0 Å². The van der Waals surface area contributed by atoms with Gasteiger partial charge < -0.3 is 4.74 Å². The number of sulfonamides is 1. The van der Waals surface area contributed by atoms with Crippen LogP contribution in [0.2, 0.25) is 0 Å². The second-order valence-electron chi connectivity index (χ2n) is 3.37. The van der Waals surface area contributed by atoms with Gasteiger partial charge in [0.1, 0.15) is 12.4 Å². The average Bonchev–Trinajstić information content (AvgIpc) is 2.18. The molecule has 0 amide bonds. The highest BCUT2D eigenvalue weighted by atomic mass is 32.2. The third-order valence-corrected chi connectivity index (χ3v) is 2.81. The van der Waals surface area contributed by atoms with Gasteiger partial charge in [-0.1, -0.05) is 6.07 Å². The lowest BCUT2D eigenvalue weighted by molar-refractivity contribution is -0.385. The number of ether oxygens (including phenoxy) is 1. The Morgan fingerprint density at radius 1 is 1.47 bits per heavy atom. The standard InChI is InChI=1S/C9H12N2O5S/c1-7-8(11(12)13)3-2-4-9(7)16-5-6-17(10,14)15/h2-4H,5-6H2,1H3,(H2,10,14,15). The molecule has 0 heterocycles. The van der Waals surface area contributed by atoms with E-state index in [1.165, 1.54) is 25.1 Å². The molecule has 8 heteroatoms. The smallest absolute Gasteiger partial charge is 0.276 e. The zero-order valence-corrected chi connectivity index (χ0v) is 9.94. The van der Waals surface area contributed by atoms with E-state index in [1.54, 1.807) is 0 Å². The van der Waals surface area contributed by atoms with Gasteiger partial charge in [0.2, 0.25) is 10.0 Å². The Morgan fingerprint density at radius 3 is 2.65 bits per heavy atom. The van der Waals surface area contributed by atoms with E-state index < -0.39 is 14.9 Å². The highest BCUT2D eigenvalue weighted by Crippen LogP contribution is 2.26. The average molecular weight is 260 g/mol. The molecule has 0 radical (unpaired) electrons. The van der Waals surface area contributed by atoms with Crippen molar-refractivity contribution in [1.29, 1.82) is 0 Å². The number of hydrogen-bond donors (Lipinski definition) is 1. The molecule has 0 aliphatic heterocycles. The summed E-state index contributed by atoms with van der Waals surface area (Å²) in [5, 5.41) is 15.4. The first-order valence-corrected chi connectivity index (χ1v) is 6.40. The lowest BCUT2D eigenvalue weighted by Crippen LogP contribution is -2.21. The summed E-state index contributed by atoms with van der Waals surface area (Å²) in [7, 11) is -3.59. The predicted octanol–water partition coefficient (Wildman–Crippen LogP) is 0.571. The number of nitrogens with two attached hydrogens (primary N) is 1. The Morgan fingerprint density at radius 2 is 2.12 bits per heavy atom. The third-order valence-electron chi connectivity index (χ3n) is 2.08. The van der Waals surface area contributed by atoms with Gasteiger partial charge in [0.05, 0.1) is 16.2 Å². The minimum atomic E-state index is -3.59. The van der Waals surface area contributed by atoms with Gasteiger partial charge in [-0.05, 0) is 13.0 Å². The number of nitro benzene ring substituents is 1. The zero-order valence-electron chi connectivity index (χ0n) is 9.12. The lowest BCUT2D eigenvalue weighted by Gasteiger charge is -2.08. The molecular weight excluding hydrogens is 248 g/mol. The molecule has 0 saturated heterocycles. The van der Waals surface area contributed by atoms with Crippen LogP contribution in [0.15, 0.2) is 18.2 Å². The normalized spacial score (nSPS) is 11.2. The minimum Gasteiger partial charge on any atom is -0.492 e. The maximum Gasteiger partial charge on any atom is 0.276 e. The van der Waals surface area contributed by atoms with Crippen LogP contribution in [-0.2, 0) is 10.0 Å². The van der Waals surface area contributed by atoms with Crippen molar-refractivity contribution in [3.8, 4) is 5.75 Å². The summed E-state index contributed by atoms with van der Waals surface area (Å²) in [6, 6.07) is 4.35. The first-order valence-electron chi connectivity index (χ1n) is 4.68. The SMILES string of the molecule is Cc1c(OCCS(N)(=O)=O)cccc1[N+](=O)[O-]. The molecule has 7 nitrogen and oxygen atoms in total. The molecule has 0 unspecified atom stereocenters. The van der Waals surface area contributed by atoms with Crippen molar-refractivity contribution < 1.29 is 18.1 Å². The summed E-state index contributed by atoms with van der Waals surface area (Å²) in [5.74, 6) is -0.0577. The maximum atomic E-state index is 10.7. The first-order chi connectivity index (χ1) is 7.81. The molecular formula is C9H12N2O5S. The second-order valence-corrected chi connectivity index (χ2v) is 5.11. The lowest BCUT2D eigenvalue weighted by atomic mass is 10.2. The van der Waals surface area contributed by atoms with E-state index in [0.29, 0.717) is 5.56 Å². The summed E-state index contributed by atoms with van der Waals surface area (Å²) < 4.78 is 26.5. The molecule has 0 saturated carbocycles. The molecule has 2 N–H and O–H groups in total. The Bertz CT molecular complexity index is 526. The number of hydrogen-bond acceptors (Lipinski definition) is 5. The summed E-state index contributed by atoms with van der Waals surface area (Å²) in [6.07, 6.45) is 0. The number of rotatable bonds is 5. The largest absolute Gasteiger partial charge is 0.492 e. The van der Waals surface area contributed by atoms with Gasteiger partial charge in [0, 0.05) is 6.07 Å². The molecule has 0 aliphatic rings. The summed E-state index contributed by atoms with van der Waals surface area (Å²) in [5.41, 5.74) is 0.282. The number of nitrogens with zero attached hydrogens (tertiary/aromatic N) is 1. The van der Waals surface area contributed by atoms with Crippen LogP contribution in [0.25, 0.3) is 0 Å². The van der Waals surface area contributed by atoms with Gasteiger partial charge >= 0.3 is 0 Å². The van der Waals surface area contributed by atoms with E-state index in [0.717, 1.165) is 0 Å². The Hall–Kier alpha value is -1.67. The van der Waals surface area contributed by atoms with Crippen molar-refractivity contribution >= 4 is 15.7 Å². The molecule has 0 bridgehead atoms. The number of nitro groups is 1.